The molecule has 0 aliphatic heterocycles. The molecule has 1 aromatic carbocycles. The molecular formula is C18H23NOS. The lowest BCUT2D eigenvalue weighted by Crippen LogP contribution is -2.39. The second kappa shape index (κ2) is 7.21. The average molecular weight is 301 g/mol. The predicted octanol–water partition coefficient (Wildman–Crippen LogP) is 4.38. The summed E-state index contributed by atoms with van der Waals surface area (Å²) in [5.41, 5.74) is 1.35. The van der Waals surface area contributed by atoms with Gasteiger partial charge in [0.2, 0.25) is 0 Å². The molecule has 1 saturated carbocycles. The number of benzene rings is 1. The summed E-state index contributed by atoms with van der Waals surface area (Å²) in [6, 6.07) is 16.0. The Balaban J connectivity index is 1.77. The van der Waals surface area contributed by atoms with Crippen LogP contribution < -0.4 is 5.32 Å². The lowest BCUT2D eigenvalue weighted by atomic mass is 9.91. The second-order valence-corrected chi connectivity index (χ2v) is 6.73. The van der Waals surface area contributed by atoms with E-state index in [4.69, 9.17) is 4.74 Å². The van der Waals surface area contributed by atoms with E-state index in [0.717, 1.165) is 6.42 Å². The Bertz CT molecular complexity index is 525. The highest BCUT2D eigenvalue weighted by molar-refractivity contribution is 7.10. The van der Waals surface area contributed by atoms with Gasteiger partial charge in [0.15, 0.2) is 0 Å². The van der Waals surface area contributed by atoms with Crippen LogP contribution in [0.5, 0.6) is 0 Å². The van der Waals surface area contributed by atoms with Gasteiger partial charge in [0.1, 0.15) is 0 Å². The number of methoxy groups -OCH3 is 1. The summed E-state index contributed by atoms with van der Waals surface area (Å²) in [5.74, 6) is 0. The third-order valence-electron chi connectivity index (χ3n) is 4.32. The zero-order valence-electron chi connectivity index (χ0n) is 12.5. The van der Waals surface area contributed by atoms with E-state index in [1.165, 1.54) is 29.7 Å². The summed E-state index contributed by atoms with van der Waals surface area (Å²) in [6.45, 7) is 0. The third kappa shape index (κ3) is 3.73. The maximum Gasteiger partial charge on any atom is 0.0673 e. The molecular weight excluding hydrogens is 278 g/mol. The van der Waals surface area contributed by atoms with E-state index in [1.807, 2.05) is 18.4 Å². The van der Waals surface area contributed by atoms with Gasteiger partial charge in [-0.15, -0.1) is 11.3 Å². The van der Waals surface area contributed by atoms with Crippen LogP contribution >= 0.6 is 11.3 Å². The number of hydrogen-bond acceptors (Lipinski definition) is 3. The van der Waals surface area contributed by atoms with Gasteiger partial charge >= 0.3 is 0 Å². The van der Waals surface area contributed by atoms with E-state index in [9.17, 15) is 0 Å². The molecule has 1 heterocycles. The van der Waals surface area contributed by atoms with E-state index >= 15 is 0 Å². The summed E-state index contributed by atoms with van der Waals surface area (Å²) in [7, 11) is 1.83. The molecule has 0 spiro atoms. The van der Waals surface area contributed by atoms with Crippen LogP contribution in [0.25, 0.3) is 0 Å². The minimum Gasteiger partial charge on any atom is -0.381 e. The fourth-order valence-electron chi connectivity index (χ4n) is 3.19. The maximum atomic E-state index is 5.56. The summed E-state index contributed by atoms with van der Waals surface area (Å²) in [4.78, 5) is 1.39. The van der Waals surface area contributed by atoms with Crippen molar-refractivity contribution in [3.05, 3.63) is 58.3 Å². The molecule has 0 saturated heterocycles. The molecule has 3 unspecified atom stereocenters. The van der Waals surface area contributed by atoms with Gasteiger partial charge in [0, 0.05) is 18.0 Å². The van der Waals surface area contributed by atoms with Crippen LogP contribution in [-0.2, 0) is 4.74 Å². The van der Waals surface area contributed by atoms with Gasteiger partial charge in [0.25, 0.3) is 0 Å². The fourth-order valence-corrected chi connectivity index (χ4v) is 4.00. The molecule has 0 amide bonds. The zero-order chi connectivity index (χ0) is 14.5. The number of ether oxygens (including phenoxy) is 1. The normalized spacial score (nSPS) is 23.9. The van der Waals surface area contributed by atoms with E-state index < -0.39 is 0 Å². The van der Waals surface area contributed by atoms with Gasteiger partial charge in [-0.2, -0.15) is 0 Å². The molecule has 21 heavy (non-hydrogen) atoms. The minimum absolute atomic E-state index is 0.298. The zero-order valence-corrected chi connectivity index (χ0v) is 13.3. The summed E-state index contributed by atoms with van der Waals surface area (Å²) >= 11 is 1.83. The maximum absolute atomic E-state index is 5.56. The Labute approximate surface area is 131 Å². The minimum atomic E-state index is 0.298. The highest BCUT2D eigenvalue weighted by Gasteiger charge is 2.25. The van der Waals surface area contributed by atoms with Crippen molar-refractivity contribution >= 4 is 11.3 Å². The number of rotatable bonds is 5. The van der Waals surface area contributed by atoms with Gasteiger partial charge in [-0.1, -0.05) is 36.4 Å². The van der Waals surface area contributed by atoms with Crippen LogP contribution in [0.2, 0.25) is 0 Å². The highest BCUT2D eigenvalue weighted by Crippen LogP contribution is 2.29. The molecule has 2 nitrogen and oxygen atoms in total. The van der Waals surface area contributed by atoms with Crippen LogP contribution in [0, 0.1) is 0 Å². The quantitative estimate of drug-likeness (QED) is 0.884. The molecule has 1 N–H and O–H groups in total. The Morgan fingerprint density at radius 1 is 1.14 bits per heavy atom. The first-order valence-corrected chi connectivity index (χ1v) is 8.62. The molecule has 3 rings (SSSR count). The van der Waals surface area contributed by atoms with Crippen LogP contribution in [0.15, 0.2) is 47.8 Å². The van der Waals surface area contributed by atoms with Crippen molar-refractivity contribution < 1.29 is 4.74 Å². The van der Waals surface area contributed by atoms with Crippen molar-refractivity contribution in [1.29, 1.82) is 0 Å². The summed E-state index contributed by atoms with van der Waals surface area (Å²) < 4.78 is 5.56. The molecule has 2 aromatic rings. The number of nitrogens with one attached hydrogen (secondary N) is 1. The molecule has 1 aliphatic rings. The topological polar surface area (TPSA) is 21.3 Å². The first-order chi connectivity index (χ1) is 10.4. The molecule has 3 heteroatoms. The molecule has 1 aromatic heterocycles. The van der Waals surface area contributed by atoms with Gasteiger partial charge in [-0.05, 0) is 42.7 Å². The number of hydrogen-bond donors (Lipinski definition) is 1. The van der Waals surface area contributed by atoms with Crippen molar-refractivity contribution in [3.63, 3.8) is 0 Å². The fraction of sp³-hybridized carbons (Fsp3) is 0.444. The van der Waals surface area contributed by atoms with Crippen molar-refractivity contribution in [2.75, 3.05) is 7.11 Å². The largest absolute Gasteiger partial charge is 0.381 e. The van der Waals surface area contributed by atoms with Gasteiger partial charge < -0.3 is 10.1 Å². The Morgan fingerprint density at radius 2 is 2.00 bits per heavy atom. The smallest absolute Gasteiger partial charge is 0.0673 e. The lowest BCUT2D eigenvalue weighted by Gasteiger charge is -2.32. The van der Waals surface area contributed by atoms with Gasteiger partial charge in [-0.25, -0.2) is 0 Å². The summed E-state index contributed by atoms with van der Waals surface area (Å²) in [6.07, 6.45) is 5.22. The van der Waals surface area contributed by atoms with Gasteiger partial charge in [-0.3, -0.25) is 0 Å². The standard InChI is InChI=1S/C18H23NOS/c1-20-16-10-5-9-15(13-16)19-18(17-11-6-12-21-17)14-7-3-2-4-8-14/h2-4,6-8,11-12,15-16,18-19H,5,9-10,13H2,1H3. The lowest BCUT2D eigenvalue weighted by molar-refractivity contribution is 0.0577. The van der Waals surface area contributed by atoms with Crippen molar-refractivity contribution in [2.45, 2.75) is 43.9 Å². The third-order valence-corrected chi connectivity index (χ3v) is 5.26. The van der Waals surface area contributed by atoms with Crippen molar-refractivity contribution in [1.82, 2.24) is 5.32 Å². The Hall–Kier alpha value is -1.16. The van der Waals surface area contributed by atoms with Crippen molar-refractivity contribution in [3.8, 4) is 0 Å². The number of thiophene rings is 1. The average Bonchev–Trinajstić information content (AvgIpc) is 3.08. The Kier molecular flexibility index (Phi) is 5.07. The highest BCUT2D eigenvalue weighted by atomic mass is 32.1. The van der Waals surface area contributed by atoms with Crippen LogP contribution in [0.4, 0.5) is 0 Å². The second-order valence-electron chi connectivity index (χ2n) is 5.75. The molecule has 0 bridgehead atoms. The van der Waals surface area contributed by atoms with Crippen LogP contribution in [-0.4, -0.2) is 19.3 Å². The van der Waals surface area contributed by atoms with E-state index in [2.05, 4.69) is 53.2 Å². The first kappa shape index (κ1) is 14.8. The summed E-state index contributed by atoms with van der Waals surface area (Å²) in [5, 5.41) is 6.03. The van der Waals surface area contributed by atoms with Crippen LogP contribution in [0.3, 0.4) is 0 Å². The molecule has 1 aliphatic carbocycles. The van der Waals surface area contributed by atoms with E-state index in [1.54, 1.807) is 0 Å². The Morgan fingerprint density at radius 3 is 2.71 bits per heavy atom. The van der Waals surface area contributed by atoms with Gasteiger partial charge in [0.05, 0.1) is 12.1 Å². The molecule has 3 atom stereocenters. The molecule has 112 valence electrons. The van der Waals surface area contributed by atoms with Crippen LogP contribution in [0.1, 0.15) is 42.2 Å². The van der Waals surface area contributed by atoms with Crippen molar-refractivity contribution in [2.24, 2.45) is 0 Å². The monoisotopic (exact) mass is 301 g/mol. The van der Waals surface area contributed by atoms with E-state index in [0.29, 0.717) is 18.2 Å². The molecule has 1 fully saturated rings. The van der Waals surface area contributed by atoms with E-state index in [-0.39, 0.29) is 0 Å². The SMILES string of the molecule is COC1CCCC(NC(c2ccccc2)c2cccs2)C1. The predicted molar refractivity (Wildman–Crippen MR) is 88.8 cm³/mol. The molecule has 0 radical (unpaired) electrons. The first-order valence-electron chi connectivity index (χ1n) is 7.74.